The minimum absolute atomic E-state index is 0.0596. The van der Waals surface area contributed by atoms with Crippen molar-refractivity contribution in [3.63, 3.8) is 0 Å². The summed E-state index contributed by atoms with van der Waals surface area (Å²) in [7, 11) is 0. The van der Waals surface area contributed by atoms with Crippen LogP contribution in [0.2, 0.25) is 0 Å². The Hall–Kier alpha value is -3.10. The molecule has 6 nitrogen and oxygen atoms in total. The summed E-state index contributed by atoms with van der Waals surface area (Å²) in [5.41, 5.74) is 2.74. The molecule has 0 saturated carbocycles. The van der Waals surface area contributed by atoms with Crippen LogP contribution >= 0.6 is 27.7 Å². The molecule has 0 unspecified atom stereocenters. The summed E-state index contributed by atoms with van der Waals surface area (Å²) in [6.45, 7) is 6.75. The van der Waals surface area contributed by atoms with E-state index in [9.17, 15) is 9.90 Å². The van der Waals surface area contributed by atoms with E-state index in [-0.39, 0.29) is 23.6 Å². The molecule has 0 atom stereocenters. The minimum Gasteiger partial charge on any atom is -0.507 e. The van der Waals surface area contributed by atoms with E-state index in [1.165, 1.54) is 28.4 Å². The number of nitrogens with zero attached hydrogens (tertiary/aromatic N) is 3. The van der Waals surface area contributed by atoms with E-state index >= 15 is 0 Å². The van der Waals surface area contributed by atoms with Crippen molar-refractivity contribution < 1.29 is 14.3 Å². The Bertz CT molecular complexity index is 1270. The molecule has 0 radical (unpaired) electrons. The number of carbonyl (C=O) groups excluding carboxylic acids is 1. The number of halogens is 1. The first-order chi connectivity index (χ1) is 16.2. The van der Waals surface area contributed by atoms with Gasteiger partial charge in [0.2, 0.25) is 0 Å². The number of phenols is 1. The van der Waals surface area contributed by atoms with E-state index in [1.807, 2.05) is 24.3 Å². The third-order valence-corrected chi connectivity index (χ3v) is 6.68. The van der Waals surface area contributed by atoms with Crippen LogP contribution in [0.15, 0.2) is 84.9 Å². The molecule has 0 bridgehead atoms. The Morgan fingerprint density at radius 1 is 1.15 bits per heavy atom. The van der Waals surface area contributed by atoms with Crippen molar-refractivity contribution in [2.45, 2.75) is 32.7 Å². The molecule has 174 valence electrons. The van der Waals surface area contributed by atoms with Gasteiger partial charge >= 0.3 is 0 Å². The molecule has 2 heterocycles. The predicted octanol–water partition coefficient (Wildman–Crippen LogP) is 6.55. The molecule has 34 heavy (non-hydrogen) atoms. The lowest BCUT2D eigenvalue weighted by Gasteiger charge is -2.18. The first kappa shape index (κ1) is 24.0. The first-order valence-corrected chi connectivity index (χ1v) is 12.3. The second-order valence-corrected chi connectivity index (χ2v) is 10.7. The van der Waals surface area contributed by atoms with Crippen molar-refractivity contribution in [2.24, 2.45) is 10.2 Å². The summed E-state index contributed by atoms with van der Waals surface area (Å²) < 4.78 is 6.25. The van der Waals surface area contributed by atoms with E-state index in [0.29, 0.717) is 21.4 Å². The van der Waals surface area contributed by atoms with Gasteiger partial charge in [0.25, 0.3) is 5.91 Å². The number of hydrogen-bond donors (Lipinski definition) is 1. The van der Waals surface area contributed by atoms with Crippen LogP contribution in [0, 0.1) is 0 Å². The largest absolute Gasteiger partial charge is 0.507 e. The van der Waals surface area contributed by atoms with E-state index in [2.05, 4.69) is 59.0 Å². The highest BCUT2D eigenvalue weighted by molar-refractivity contribution is 9.10. The molecule has 8 heteroatoms. The van der Waals surface area contributed by atoms with Crippen LogP contribution in [0.25, 0.3) is 6.08 Å². The normalized spacial score (nSPS) is 16.9. The van der Waals surface area contributed by atoms with Crippen LogP contribution < -0.4 is 0 Å². The SMILES string of the molecule is CC(C)(C)c1ccc(/C=C2\S/C(=N\N=C\c3cc(Br)ccc3O)N(Cc3ccco3)C2=O)cc1. The summed E-state index contributed by atoms with van der Waals surface area (Å²) in [6, 6.07) is 16.8. The lowest BCUT2D eigenvalue weighted by molar-refractivity contribution is -0.122. The fourth-order valence-electron chi connectivity index (χ4n) is 3.28. The monoisotopic (exact) mass is 537 g/mol. The molecule has 1 aromatic heterocycles. The molecule has 0 aliphatic carbocycles. The second-order valence-electron chi connectivity index (χ2n) is 8.78. The number of phenolic OH excluding ortho intramolecular Hbond substituents is 1. The van der Waals surface area contributed by atoms with Crippen LogP contribution in [0.3, 0.4) is 0 Å². The Kier molecular flexibility index (Phi) is 7.09. The van der Waals surface area contributed by atoms with Gasteiger partial charge in [-0.1, -0.05) is 61.0 Å². The molecule has 3 aromatic rings. The van der Waals surface area contributed by atoms with Gasteiger partial charge in [0, 0.05) is 10.0 Å². The zero-order chi connectivity index (χ0) is 24.3. The molecular formula is C26H24BrN3O3S. The molecule has 4 rings (SSSR count). The summed E-state index contributed by atoms with van der Waals surface area (Å²) >= 11 is 4.63. The highest BCUT2D eigenvalue weighted by atomic mass is 79.9. The average molecular weight is 538 g/mol. The number of hydrogen-bond acceptors (Lipinski definition) is 6. The van der Waals surface area contributed by atoms with Crippen LogP contribution in [-0.2, 0) is 16.8 Å². The Balaban J connectivity index is 1.62. The molecule has 1 N–H and O–H groups in total. The first-order valence-electron chi connectivity index (χ1n) is 10.6. The average Bonchev–Trinajstić information content (AvgIpc) is 3.40. The van der Waals surface area contributed by atoms with Gasteiger partial charge in [-0.3, -0.25) is 9.69 Å². The second kappa shape index (κ2) is 10.0. The fraction of sp³-hybridized carbons (Fsp3) is 0.192. The maximum atomic E-state index is 13.2. The van der Waals surface area contributed by atoms with Crippen molar-refractivity contribution >= 4 is 51.1 Å². The van der Waals surface area contributed by atoms with Crippen molar-refractivity contribution in [1.29, 1.82) is 0 Å². The Morgan fingerprint density at radius 2 is 1.91 bits per heavy atom. The third-order valence-electron chi connectivity index (χ3n) is 5.19. The maximum Gasteiger partial charge on any atom is 0.267 e. The summed E-state index contributed by atoms with van der Waals surface area (Å²) in [5.74, 6) is 0.570. The Morgan fingerprint density at radius 3 is 2.59 bits per heavy atom. The van der Waals surface area contributed by atoms with Gasteiger partial charge in [0.15, 0.2) is 5.17 Å². The number of benzene rings is 2. The van der Waals surface area contributed by atoms with E-state index < -0.39 is 0 Å². The van der Waals surface area contributed by atoms with Crippen molar-refractivity contribution in [3.8, 4) is 5.75 Å². The van der Waals surface area contributed by atoms with E-state index in [4.69, 9.17) is 4.42 Å². The molecule has 1 aliphatic rings. The minimum atomic E-state index is -0.166. The molecule has 1 saturated heterocycles. The van der Waals surface area contributed by atoms with E-state index in [0.717, 1.165) is 10.0 Å². The van der Waals surface area contributed by atoms with Gasteiger partial charge in [-0.05, 0) is 64.7 Å². The van der Waals surface area contributed by atoms with Crippen LogP contribution in [0.4, 0.5) is 0 Å². The lowest BCUT2D eigenvalue weighted by Crippen LogP contribution is -2.28. The van der Waals surface area contributed by atoms with Gasteiger partial charge in [0.1, 0.15) is 11.5 Å². The number of aromatic hydroxyl groups is 1. The number of thioether (sulfide) groups is 1. The quantitative estimate of drug-likeness (QED) is 0.227. The predicted molar refractivity (Wildman–Crippen MR) is 141 cm³/mol. The summed E-state index contributed by atoms with van der Waals surface area (Å²) in [5, 5.41) is 18.9. The topological polar surface area (TPSA) is 78.4 Å². The summed E-state index contributed by atoms with van der Waals surface area (Å²) in [4.78, 5) is 15.3. The van der Waals surface area contributed by atoms with Gasteiger partial charge in [-0.25, -0.2) is 0 Å². The zero-order valence-electron chi connectivity index (χ0n) is 19.0. The maximum absolute atomic E-state index is 13.2. The molecule has 1 aliphatic heterocycles. The van der Waals surface area contributed by atoms with Gasteiger partial charge < -0.3 is 9.52 Å². The molecule has 1 amide bonds. The molecule has 1 fully saturated rings. The molecule has 2 aromatic carbocycles. The number of furan rings is 1. The van der Waals surface area contributed by atoms with Crippen molar-refractivity contribution in [3.05, 3.63) is 92.7 Å². The van der Waals surface area contributed by atoms with Crippen LogP contribution in [0.1, 0.15) is 43.2 Å². The number of rotatable bonds is 5. The van der Waals surface area contributed by atoms with Gasteiger partial charge in [-0.15, -0.1) is 5.10 Å². The number of carbonyl (C=O) groups is 1. The smallest absolute Gasteiger partial charge is 0.267 e. The zero-order valence-corrected chi connectivity index (χ0v) is 21.4. The van der Waals surface area contributed by atoms with Crippen molar-refractivity contribution in [1.82, 2.24) is 4.90 Å². The standard InChI is InChI=1S/C26H24BrN3O3S/c1-26(2,3)19-8-6-17(7-9-19)13-23-24(32)30(16-21-5-4-12-33-21)25(34-23)29-28-15-18-14-20(27)10-11-22(18)31/h4-15,31H,16H2,1-3H3/b23-13-,28-15+,29-25-. The number of amidine groups is 1. The lowest BCUT2D eigenvalue weighted by atomic mass is 9.87. The summed E-state index contributed by atoms with van der Waals surface area (Å²) in [6.07, 6.45) is 4.89. The highest BCUT2D eigenvalue weighted by Gasteiger charge is 2.34. The third kappa shape index (κ3) is 5.69. The fourth-order valence-corrected chi connectivity index (χ4v) is 4.59. The van der Waals surface area contributed by atoms with E-state index in [1.54, 1.807) is 30.5 Å². The highest BCUT2D eigenvalue weighted by Crippen LogP contribution is 2.34. The van der Waals surface area contributed by atoms with Crippen LogP contribution in [0.5, 0.6) is 5.75 Å². The van der Waals surface area contributed by atoms with Crippen LogP contribution in [-0.4, -0.2) is 27.3 Å². The molecular weight excluding hydrogens is 514 g/mol. The Labute approximate surface area is 211 Å². The van der Waals surface area contributed by atoms with Gasteiger partial charge in [-0.2, -0.15) is 5.10 Å². The van der Waals surface area contributed by atoms with Crippen molar-refractivity contribution in [2.75, 3.05) is 0 Å². The molecule has 0 spiro atoms. The number of amides is 1. The van der Waals surface area contributed by atoms with Gasteiger partial charge in [0.05, 0.1) is 23.9 Å².